The standard InChI is InChI=1S/C18H31N5O3S.ClH/c1-4-9-23(16-7-8-19-11-16)18(24)15-6-5-10-22(12-15)27(25,26)17-13(2)20-21-14(17)3;/h15-16,19H,4-12H2,1-3H3,(H,20,21);1H. The van der Waals surface area contributed by atoms with Crippen LogP contribution in [-0.2, 0) is 14.8 Å². The first-order chi connectivity index (χ1) is 12.9. The Balaban J connectivity index is 0.00000280. The largest absolute Gasteiger partial charge is 0.338 e. The quantitative estimate of drug-likeness (QED) is 0.707. The molecule has 1 aromatic heterocycles. The highest BCUT2D eigenvalue weighted by molar-refractivity contribution is 7.89. The van der Waals surface area contributed by atoms with Crippen LogP contribution < -0.4 is 5.32 Å². The molecule has 28 heavy (non-hydrogen) atoms. The molecule has 2 saturated heterocycles. The van der Waals surface area contributed by atoms with Gasteiger partial charge in [-0.3, -0.25) is 9.89 Å². The number of aromatic nitrogens is 2. The molecule has 3 rings (SSSR count). The van der Waals surface area contributed by atoms with Crippen LogP contribution in [0.1, 0.15) is 44.0 Å². The Morgan fingerprint density at radius 1 is 1.32 bits per heavy atom. The summed E-state index contributed by atoms with van der Waals surface area (Å²) in [4.78, 5) is 15.5. The maximum absolute atomic E-state index is 13.2. The van der Waals surface area contributed by atoms with Gasteiger partial charge in [0.1, 0.15) is 4.90 Å². The van der Waals surface area contributed by atoms with Crippen molar-refractivity contribution in [1.29, 1.82) is 0 Å². The molecule has 0 bridgehead atoms. The number of halogens is 1. The molecule has 160 valence electrons. The zero-order valence-electron chi connectivity index (χ0n) is 16.9. The second-order valence-electron chi connectivity index (χ2n) is 7.64. The van der Waals surface area contributed by atoms with Crippen molar-refractivity contribution in [2.75, 3.05) is 32.7 Å². The Labute approximate surface area is 173 Å². The molecule has 10 heteroatoms. The number of aromatic amines is 1. The number of carbonyl (C=O) groups is 1. The van der Waals surface area contributed by atoms with Gasteiger partial charge in [-0.15, -0.1) is 12.4 Å². The number of amides is 1. The van der Waals surface area contributed by atoms with Gasteiger partial charge in [0.05, 0.1) is 17.3 Å². The number of piperidine rings is 1. The molecule has 2 aliphatic heterocycles. The lowest BCUT2D eigenvalue weighted by molar-refractivity contribution is -0.138. The van der Waals surface area contributed by atoms with Gasteiger partial charge in [-0.05, 0) is 46.1 Å². The van der Waals surface area contributed by atoms with Gasteiger partial charge < -0.3 is 10.2 Å². The Hall–Kier alpha value is -1.16. The van der Waals surface area contributed by atoms with Gasteiger partial charge in [-0.1, -0.05) is 6.92 Å². The Morgan fingerprint density at radius 2 is 2.07 bits per heavy atom. The van der Waals surface area contributed by atoms with Gasteiger partial charge in [-0.25, -0.2) is 8.42 Å². The van der Waals surface area contributed by atoms with Crippen LogP contribution in [0.25, 0.3) is 0 Å². The number of aryl methyl sites for hydroxylation is 2. The molecule has 0 saturated carbocycles. The van der Waals surface area contributed by atoms with E-state index in [9.17, 15) is 13.2 Å². The minimum absolute atomic E-state index is 0. The molecular formula is C18H32ClN5O3S. The summed E-state index contributed by atoms with van der Waals surface area (Å²) >= 11 is 0. The third-order valence-corrected chi connectivity index (χ3v) is 7.74. The molecule has 1 aromatic rings. The van der Waals surface area contributed by atoms with Crippen LogP contribution >= 0.6 is 12.4 Å². The molecule has 0 aliphatic carbocycles. The SMILES string of the molecule is CCCN(C(=O)C1CCCN(S(=O)(=O)c2c(C)n[nH]c2C)C1)C1CCNC1.Cl. The fraction of sp³-hybridized carbons (Fsp3) is 0.778. The zero-order chi connectivity index (χ0) is 19.6. The van der Waals surface area contributed by atoms with Crippen molar-refractivity contribution >= 4 is 28.3 Å². The molecular weight excluding hydrogens is 402 g/mol. The highest BCUT2D eigenvalue weighted by atomic mass is 35.5. The molecule has 2 atom stereocenters. The lowest BCUT2D eigenvalue weighted by Crippen LogP contribution is -2.50. The van der Waals surface area contributed by atoms with Crippen molar-refractivity contribution < 1.29 is 13.2 Å². The van der Waals surface area contributed by atoms with Crippen LogP contribution in [0.15, 0.2) is 4.90 Å². The Morgan fingerprint density at radius 3 is 2.64 bits per heavy atom. The van der Waals surface area contributed by atoms with Crippen molar-refractivity contribution in [3.63, 3.8) is 0 Å². The second kappa shape index (κ2) is 9.56. The number of nitrogens with zero attached hydrogens (tertiary/aromatic N) is 3. The van der Waals surface area contributed by atoms with Crippen LogP contribution in [0.2, 0.25) is 0 Å². The number of carbonyl (C=O) groups excluding carboxylic acids is 1. The van der Waals surface area contributed by atoms with Crippen molar-refractivity contribution in [2.45, 2.75) is 57.4 Å². The molecule has 0 aromatic carbocycles. The molecule has 1 amide bonds. The first-order valence-electron chi connectivity index (χ1n) is 9.89. The monoisotopic (exact) mass is 433 g/mol. The average molecular weight is 434 g/mol. The minimum Gasteiger partial charge on any atom is -0.338 e. The Kier molecular flexibility index (Phi) is 7.89. The van der Waals surface area contributed by atoms with E-state index in [0.717, 1.165) is 38.9 Å². The van der Waals surface area contributed by atoms with E-state index in [1.807, 2.05) is 4.90 Å². The first-order valence-corrected chi connectivity index (χ1v) is 11.3. The topological polar surface area (TPSA) is 98.4 Å². The summed E-state index contributed by atoms with van der Waals surface area (Å²) in [5.74, 6) is -0.167. The predicted octanol–water partition coefficient (Wildman–Crippen LogP) is 1.45. The molecule has 8 nitrogen and oxygen atoms in total. The summed E-state index contributed by atoms with van der Waals surface area (Å²) in [6.07, 6.45) is 3.32. The van der Waals surface area contributed by atoms with E-state index >= 15 is 0 Å². The van der Waals surface area contributed by atoms with Gasteiger partial charge >= 0.3 is 0 Å². The van der Waals surface area contributed by atoms with Crippen LogP contribution in [-0.4, -0.2) is 72.5 Å². The third-order valence-electron chi connectivity index (χ3n) is 5.61. The molecule has 2 aliphatic rings. The summed E-state index contributed by atoms with van der Waals surface area (Å²) in [6, 6.07) is 0.225. The van der Waals surface area contributed by atoms with Crippen LogP contribution in [0.4, 0.5) is 0 Å². The van der Waals surface area contributed by atoms with E-state index in [0.29, 0.717) is 24.4 Å². The molecule has 2 fully saturated rings. The number of sulfonamides is 1. The Bertz CT molecular complexity index is 757. The van der Waals surface area contributed by atoms with Crippen molar-refractivity contribution in [1.82, 2.24) is 24.7 Å². The number of H-pyrrole nitrogens is 1. The summed E-state index contributed by atoms with van der Waals surface area (Å²) in [5, 5.41) is 10.1. The van der Waals surface area contributed by atoms with Crippen LogP contribution in [0.5, 0.6) is 0 Å². The zero-order valence-corrected chi connectivity index (χ0v) is 18.5. The van der Waals surface area contributed by atoms with Crippen LogP contribution in [0.3, 0.4) is 0 Å². The number of rotatable bonds is 6. The van der Waals surface area contributed by atoms with Crippen molar-refractivity contribution in [3.05, 3.63) is 11.4 Å². The average Bonchev–Trinajstić information content (AvgIpc) is 3.29. The number of hydrogen-bond acceptors (Lipinski definition) is 5. The van der Waals surface area contributed by atoms with Gasteiger partial charge in [0.25, 0.3) is 0 Å². The summed E-state index contributed by atoms with van der Waals surface area (Å²) < 4.78 is 27.8. The molecule has 0 spiro atoms. The van der Waals surface area contributed by atoms with Gasteiger partial charge in [0, 0.05) is 32.2 Å². The molecule has 2 N–H and O–H groups in total. The lowest BCUT2D eigenvalue weighted by Gasteiger charge is -2.36. The molecule has 2 unspecified atom stereocenters. The summed E-state index contributed by atoms with van der Waals surface area (Å²) in [6.45, 7) is 8.69. The third kappa shape index (κ3) is 4.53. The van der Waals surface area contributed by atoms with E-state index < -0.39 is 10.0 Å². The maximum Gasteiger partial charge on any atom is 0.246 e. The smallest absolute Gasteiger partial charge is 0.246 e. The second-order valence-corrected chi connectivity index (χ2v) is 9.52. The van der Waals surface area contributed by atoms with Crippen molar-refractivity contribution in [3.8, 4) is 0 Å². The fourth-order valence-corrected chi connectivity index (χ4v) is 6.12. The van der Waals surface area contributed by atoms with E-state index in [4.69, 9.17) is 0 Å². The van der Waals surface area contributed by atoms with E-state index in [-0.39, 0.29) is 41.7 Å². The predicted molar refractivity (Wildman–Crippen MR) is 110 cm³/mol. The normalized spacial score (nSPS) is 23.4. The highest BCUT2D eigenvalue weighted by Crippen LogP contribution is 2.28. The lowest BCUT2D eigenvalue weighted by atomic mass is 9.97. The fourth-order valence-electron chi connectivity index (χ4n) is 4.27. The van der Waals surface area contributed by atoms with Gasteiger partial charge in [0.15, 0.2) is 0 Å². The van der Waals surface area contributed by atoms with Gasteiger partial charge in [-0.2, -0.15) is 9.40 Å². The van der Waals surface area contributed by atoms with E-state index in [1.165, 1.54) is 4.31 Å². The van der Waals surface area contributed by atoms with E-state index in [1.54, 1.807) is 13.8 Å². The minimum atomic E-state index is -3.65. The summed E-state index contributed by atoms with van der Waals surface area (Å²) in [7, 11) is -3.65. The van der Waals surface area contributed by atoms with E-state index in [2.05, 4.69) is 22.4 Å². The highest BCUT2D eigenvalue weighted by Gasteiger charge is 2.38. The molecule has 0 radical (unpaired) electrons. The summed E-state index contributed by atoms with van der Waals surface area (Å²) in [5.41, 5.74) is 1.02. The number of hydrogen-bond donors (Lipinski definition) is 2. The molecule has 3 heterocycles. The maximum atomic E-state index is 13.2. The first kappa shape index (κ1) is 23.1. The van der Waals surface area contributed by atoms with Crippen molar-refractivity contribution in [2.24, 2.45) is 5.92 Å². The van der Waals surface area contributed by atoms with Crippen LogP contribution in [0, 0.1) is 19.8 Å². The van der Waals surface area contributed by atoms with Gasteiger partial charge in [0.2, 0.25) is 15.9 Å². The number of nitrogens with one attached hydrogen (secondary N) is 2.